The molecule has 2 aromatic rings. The van der Waals surface area contributed by atoms with Crippen LogP contribution in [0.2, 0.25) is 0 Å². The first-order chi connectivity index (χ1) is 16.4. The molecule has 0 bridgehead atoms. The number of hydrogen-bond donors (Lipinski definition) is 3. The molecule has 184 valence electrons. The number of likely N-dealkylation sites (N-methyl/N-ethyl adjacent to an activating group) is 1. The van der Waals surface area contributed by atoms with E-state index in [1.165, 1.54) is 18.4 Å². The van der Waals surface area contributed by atoms with E-state index in [0.29, 0.717) is 23.6 Å². The fourth-order valence-corrected chi connectivity index (χ4v) is 4.95. The Labute approximate surface area is 210 Å². The van der Waals surface area contributed by atoms with E-state index in [1.54, 1.807) is 4.90 Å². The number of carbonyl (C=O) groups excluding carboxylic acids is 1. The van der Waals surface area contributed by atoms with Gasteiger partial charge in [0.05, 0.1) is 0 Å². The van der Waals surface area contributed by atoms with Crippen LogP contribution in [0.3, 0.4) is 0 Å². The molecule has 1 aliphatic rings. The second-order valence-corrected chi connectivity index (χ2v) is 10.3. The van der Waals surface area contributed by atoms with Crippen molar-refractivity contribution in [3.8, 4) is 0 Å². The molecule has 6 heteroatoms. The number of hydrogen-bond acceptors (Lipinski definition) is 3. The predicted molar refractivity (Wildman–Crippen MR) is 144 cm³/mol. The molecule has 1 aliphatic carbocycles. The Hall–Kier alpha value is -2.44. The average molecular weight is 481 g/mol. The van der Waals surface area contributed by atoms with Gasteiger partial charge in [0, 0.05) is 32.2 Å². The smallest absolute Gasteiger partial charge is 0.245 e. The summed E-state index contributed by atoms with van der Waals surface area (Å²) in [6.45, 7) is 5.72. The van der Waals surface area contributed by atoms with Crippen molar-refractivity contribution in [2.75, 3.05) is 7.05 Å². The van der Waals surface area contributed by atoms with Crippen LogP contribution < -0.4 is 16.0 Å². The van der Waals surface area contributed by atoms with Crippen molar-refractivity contribution in [3.05, 3.63) is 71.8 Å². The first kappa shape index (κ1) is 26.2. The average Bonchev–Trinajstić information content (AvgIpc) is 2.83. The Balaban J connectivity index is 1.57. The summed E-state index contributed by atoms with van der Waals surface area (Å²) in [6, 6.07) is 20.9. The molecule has 0 radical (unpaired) electrons. The van der Waals surface area contributed by atoms with Crippen molar-refractivity contribution < 1.29 is 4.79 Å². The van der Waals surface area contributed by atoms with Gasteiger partial charge in [0.25, 0.3) is 0 Å². The third-order valence-corrected chi connectivity index (χ3v) is 6.68. The van der Waals surface area contributed by atoms with Crippen LogP contribution in [-0.2, 0) is 17.9 Å². The minimum atomic E-state index is -0.340. The van der Waals surface area contributed by atoms with E-state index in [0.717, 1.165) is 31.4 Å². The number of carbonyl (C=O) groups is 1. The van der Waals surface area contributed by atoms with Gasteiger partial charge in [-0.1, -0.05) is 87.4 Å². The Morgan fingerprint density at radius 1 is 0.971 bits per heavy atom. The molecule has 1 fully saturated rings. The van der Waals surface area contributed by atoms with Gasteiger partial charge >= 0.3 is 0 Å². The van der Waals surface area contributed by atoms with Crippen LogP contribution in [0.4, 0.5) is 0 Å². The van der Waals surface area contributed by atoms with E-state index in [4.69, 9.17) is 12.2 Å². The maximum Gasteiger partial charge on any atom is 0.245 e. The standard InChI is InChI=1S/C28H40N4OS/c1-21(2)18-26(27(33)32(3)20-23-14-8-5-9-15-23)31-28(34)30-25-17-11-10-16-24(25)29-19-22-12-6-4-7-13-22/h4-9,12-15,21,24-26,29H,10-11,16-20H2,1-3H3,(H2,30,31,34)/t24-,25-,26?/m1/s1. The molecule has 0 aromatic heterocycles. The lowest BCUT2D eigenvalue weighted by Gasteiger charge is -2.35. The summed E-state index contributed by atoms with van der Waals surface area (Å²) >= 11 is 5.71. The molecule has 2 aromatic carbocycles. The van der Waals surface area contributed by atoms with E-state index >= 15 is 0 Å². The Morgan fingerprint density at radius 3 is 2.18 bits per heavy atom. The molecule has 0 spiro atoms. The van der Waals surface area contributed by atoms with Crippen molar-refractivity contribution >= 4 is 23.2 Å². The molecule has 3 rings (SSSR count). The van der Waals surface area contributed by atoms with Crippen LogP contribution >= 0.6 is 12.2 Å². The van der Waals surface area contributed by atoms with Gasteiger partial charge in [-0.15, -0.1) is 0 Å². The summed E-state index contributed by atoms with van der Waals surface area (Å²) < 4.78 is 0. The fourth-order valence-electron chi connectivity index (χ4n) is 4.66. The zero-order valence-corrected chi connectivity index (χ0v) is 21.6. The molecule has 3 N–H and O–H groups in total. The third kappa shape index (κ3) is 8.41. The van der Waals surface area contributed by atoms with Gasteiger partial charge in [0.15, 0.2) is 5.11 Å². The summed E-state index contributed by atoms with van der Waals surface area (Å²) in [5, 5.41) is 11.2. The molecule has 34 heavy (non-hydrogen) atoms. The lowest BCUT2D eigenvalue weighted by molar-refractivity contribution is -0.132. The SMILES string of the molecule is CC(C)CC(NC(=S)N[C@@H]1CCCC[C@H]1NCc1ccccc1)C(=O)N(C)Cc1ccccc1. The van der Waals surface area contributed by atoms with Crippen LogP contribution in [0.5, 0.6) is 0 Å². The normalized spacial score (nSPS) is 18.8. The van der Waals surface area contributed by atoms with E-state index < -0.39 is 0 Å². The topological polar surface area (TPSA) is 56.4 Å². The third-order valence-electron chi connectivity index (χ3n) is 6.44. The summed E-state index contributed by atoms with van der Waals surface area (Å²) in [5.74, 6) is 0.452. The van der Waals surface area contributed by atoms with Crippen LogP contribution in [0, 0.1) is 5.92 Å². The highest BCUT2D eigenvalue weighted by Crippen LogP contribution is 2.19. The van der Waals surface area contributed by atoms with Crippen molar-refractivity contribution in [1.29, 1.82) is 0 Å². The van der Waals surface area contributed by atoms with Crippen LogP contribution in [0.1, 0.15) is 57.1 Å². The Bertz CT molecular complexity index is 890. The van der Waals surface area contributed by atoms with E-state index in [-0.39, 0.29) is 18.0 Å². The molecule has 1 unspecified atom stereocenters. The Kier molecular flexibility index (Phi) is 10.4. The quantitative estimate of drug-likeness (QED) is 0.433. The van der Waals surface area contributed by atoms with Crippen LogP contribution in [-0.4, -0.2) is 41.1 Å². The molecular weight excluding hydrogens is 440 g/mol. The second-order valence-electron chi connectivity index (χ2n) is 9.84. The summed E-state index contributed by atoms with van der Waals surface area (Å²) in [7, 11) is 1.87. The van der Waals surface area contributed by atoms with E-state index in [9.17, 15) is 4.79 Å². The number of amides is 1. The molecular formula is C28H40N4OS. The highest BCUT2D eigenvalue weighted by atomic mass is 32.1. The monoisotopic (exact) mass is 480 g/mol. The summed E-state index contributed by atoms with van der Waals surface area (Å²) in [5.41, 5.74) is 2.41. The molecule has 0 saturated heterocycles. The molecule has 0 heterocycles. The minimum Gasteiger partial charge on any atom is -0.358 e. The number of nitrogens with zero attached hydrogens (tertiary/aromatic N) is 1. The zero-order chi connectivity index (χ0) is 24.3. The second kappa shape index (κ2) is 13.4. The van der Waals surface area contributed by atoms with E-state index in [1.807, 2.05) is 43.4 Å². The van der Waals surface area contributed by atoms with Gasteiger partial charge in [-0.3, -0.25) is 4.79 Å². The van der Waals surface area contributed by atoms with Gasteiger partial charge < -0.3 is 20.9 Å². The highest BCUT2D eigenvalue weighted by Gasteiger charge is 2.28. The van der Waals surface area contributed by atoms with Crippen molar-refractivity contribution in [3.63, 3.8) is 0 Å². The van der Waals surface area contributed by atoms with Crippen molar-refractivity contribution in [1.82, 2.24) is 20.9 Å². The molecule has 3 atom stereocenters. The number of rotatable bonds is 10. The van der Waals surface area contributed by atoms with Gasteiger partial charge in [0.1, 0.15) is 6.04 Å². The van der Waals surface area contributed by atoms with Gasteiger partial charge in [-0.2, -0.15) is 0 Å². The fraction of sp³-hybridized carbons (Fsp3) is 0.500. The summed E-state index contributed by atoms with van der Waals surface area (Å²) in [6.07, 6.45) is 5.36. The maximum atomic E-state index is 13.3. The maximum absolute atomic E-state index is 13.3. The van der Waals surface area contributed by atoms with Crippen molar-refractivity contribution in [2.24, 2.45) is 5.92 Å². The molecule has 0 aliphatic heterocycles. The predicted octanol–water partition coefficient (Wildman–Crippen LogP) is 4.62. The van der Waals surface area contributed by atoms with Gasteiger partial charge in [-0.05, 0) is 48.5 Å². The zero-order valence-electron chi connectivity index (χ0n) is 20.8. The minimum absolute atomic E-state index is 0.0732. The highest BCUT2D eigenvalue weighted by molar-refractivity contribution is 7.80. The molecule has 1 saturated carbocycles. The number of benzene rings is 2. The first-order valence-corrected chi connectivity index (χ1v) is 13.0. The largest absolute Gasteiger partial charge is 0.358 e. The lowest BCUT2D eigenvalue weighted by atomic mass is 9.90. The van der Waals surface area contributed by atoms with Gasteiger partial charge in [0.2, 0.25) is 5.91 Å². The summed E-state index contributed by atoms with van der Waals surface area (Å²) in [4.78, 5) is 15.1. The van der Waals surface area contributed by atoms with E-state index in [2.05, 4.69) is 54.1 Å². The lowest BCUT2D eigenvalue weighted by Crippen LogP contribution is -2.57. The van der Waals surface area contributed by atoms with Crippen LogP contribution in [0.15, 0.2) is 60.7 Å². The van der Waals surface area contributed by atoms with Gasteiger partial charge in [-0.25, -0.2) is 0 Å². The van der Waals surface area contributed by atoms with Crippen molar-refractivity contribution in [2.45, 2.75) is 77.2 Å². The first-order valence-electron chi connectivity index (χ1n) is 12.6. The Morgan fingerprint density at radius 2 is 1.56 bits per heavy atom. The number of nitrogens with one attached hydrogen (secondary N) is 3. The number of thiocarbonyl (C=S) groups is 1. The van der Waals surface area contributed by atoms with Crippen LogP contribution in [0.25, 0.3) is 0 Å². The molecule has 1 amide bonds. The molecule has 5 nitrogen and oxygen atoms in total.